The van der Waals surface area contributed by atoms with Gasteiger partial charge in [-0.3, -0.25) is 10.3 Å². The monoisotopic (exact) mass is 330 g/mol. The molecule has 0 spiro atoms. The SMILES string of the molecule is O=C(Nc1nc(C2CC2)cs1)N1CCC(Oc2cccnc2)C1. The first-order valence-electron chi connectivity index (χ1n) is 7.86. The Bertz CT molecular complexity index is 686. The summed E-state index contributed by atoms with van der Waals surface area (Å²) >= 11 is 1.50. The zero-order valence-corrected chi connectivity index (χ0v) is 13.5. The smallest absolute Gasteiger partial charge is 0.323 e. The van der Waals surface area contributed by atoms with Crippen LogP contribution in [0, 0.1) is 0 Å². The van der Waals surface area contributed by atoms with Crippen molar-refractivity contribution in [3.8, 4) is 5.75 Å². The zero-order valence-electron chi connectivity index (χ0n) is 12.6. The van der Waals surface area contributed by atoms with Gasteiger partial charge in [0.1, 0.15) is 11.9 Å². The standard InChI is InChI=1S/C16H18N4O2S/c21-16(19-15-18-14(10-23-15)11-3-4-11)20-7-5-13(9-20)22-12-2-1-6-17-8-12/h1-2,6,8,10-11,13H,3-5,7,9H2,(H,18,19,21). The molecule has 4 rings (SSSR count). The molecule has 0 bridgehead atoms. The van der Waals surface area contributed by atoms with E-state index in [4.69, 9.17) is 4.74 Å². The van der Waals surface area contributed by atoms with Crippen LogP contribution in [0.3, 0.4) is 0 Å². The lowest BCUT2D eigenvalue weighted by Gasteiger charge is -2.17. The van der Waals surface area contributed by atoms with Gasteiger partial charge in [-0.2, -0.15) is 0 Å². The minimum atomic E-state index is -0.0982. The van der Waals surface area contributed by atoms with Crippen LogP contribution in [0.15, 0.2) is 29.9 Å². The van der Waals surface area contributed by atoms with E-state index in [1.165, 1.54) is 24.2 Å². The number of anilines is 1. The number of urea groups is 1. The number of nitrogens with zero attached hydrogens (tertiary/aromatic N) is 3. The van der Waals surface area contributed by atoms with Crippen LogP contribution in [-0.2, 0) is 0 Å². The summed E-state index contributed by atoms with van der Waals surface area (Å²) in [6.07, 6.45) is 6.69. The second-order valence-corrected chi connectivity index (χ2v) is 6.80. The van der Waals surface area contributed by atoms with Crippen molar-refractivity contribution in [2.24, 2.45) is 0 Å². The Balaban J connectivity index is 1.30. The number of hydrogen-bond donors (Lipinski definition) is 1. The number of likely N-dealkylation sites (tertiary alicyclic amines) is 1. The van der Waals surface area contributed by atoms with Crippen LogP contribution >= 0.6 is 11.3 Å². The molecule has 2 aliphatic rings. The Kier molecular flexibility index (Phi) is 3.87. The van der Waals surface area contributed by atoms with Gasteiger partial charge in [-0.25, -0.2) is 9.78 Å². The fourth-order valence-corrected chi connectivity index (χ4v) is 3.48. The molecule has 2 fully saturated rings. The van der Waals surface area contributed by atoms with E-state index in [0.717, 1.165) is 17.9 Å². The summed E-state index contributed by atoms with van der Waals surface area (Å²) in [7, 11) is 0. The molecule has 1 atom stereocenters. The molecule has 1 saturated heterocycles. The Morgan fingerprint density at radius 2 is 2.30 bits per heavy atom. The van der Waals surface area contributed by atoms with E-state index in [2.05, 4.69) is 15.3 Å². The minimum absolute atomic E-state index is 0.0169. The van der Waals surface area contributed by atoms with Crippen molar-refractivity contribution < 1.29 is 9.53 Å². The van der Waals surface area contributed by atoms with Crippen LogP contribution in [0.25, 0.3) is 0 Å². The third-order valence-corrected chi connectivity index (χ3v) is 4.88. The number of thiazole rings is 1. The third-order valence-electron chi connectivity index (χ3n) is 4.10. The van der Waals surface area contributed by atoms with Crippen LogP contribution < -0.4 is 10.1 Å². The lowest BCUT2D eigenvalue weighted by atomic mass is 10.3. The molecule has 0 radical (unpaired) electrons. The Morgan fingerprint density at radius 3 is 3.09 bits per heavy atom. The van der Waals surface area contributed by atoms with Crippen LogP contribution in [0.1, 0.15) is 30.9 Å². The summed E-state index contributed by atoms with van der Waals surface area (Å²) in [4.78, 5) is 22.6. The number of aromatic nitrogens is 2. The molecule has 7 heteroatoms. The van der Waals surface area contributed by atoms with E-state index in [0.29, 0.717) is 24.1 Å². The summed E-state index contributed by atoms with van der Waals surface area (Å²) in [6.45, 7) is 1.28. The molecule has 6 nitrogen and oxygen atoms in total. The van der Waals surface area contributed by atoms with Crippen molar-refractivity contribution in [2.45, 2.75) is 31.3 Å². The van der Waals surface area contributed by atoms with Crippen molar-refractivity contribution >= 4 is 22.5 Å². The first kappa shape index (κ1) is 14.4. The van der Waals surface area contributed by atoms with Crippen LogP contribution in [-0.4, -0.2) is 40.1 Å². The molecular formula is C16H18N4O2S. The van der Waals surface area contributed by atoms with Crippen molar-refractivity contribution in [2.75, 3.05) is 18.4 Å². The van der Waals surface area contributed by atoms with E-state index in [1.807, 2.05) is 17.5 Å². The predicted octanol–water partition coefficient (Wildman–Crippen LogP) is 3.10. The normalized spacial score (nSPS) is 20.5. The highest BCUT2D eigenvalue weighted by Gasteiger charge is 2.29. The lowest BCUT2D eigenvalue weighted by Crippen LogP contribution is -2.34. The van der Waals surface area contributed by atoms with Gasteiger partial charge in [0, 0.05) is 30.5 Å². The molecule has 0 aromatic carbocycles. The maximum absolute atomic E-state index is 12.3. The predicted molar refractivity (Wildman–Crippen MR) is 88.0 cm³/mol. The number of ether oxygens (including phenoxy) is 1. The van der Waals surface area contributed by atoms with Gasteiger partial charge in [-0.15, -0.1) is 11.3 Å². The number of pyridine rings is 1. The molecule has 3 heterocycles. The molecule has 1 unspecified atom stereocenters. The number of nitrogens with one attached hydrogen (secondary N) is 1. The number of hydrogen-bond acceptors (Lipinski definition) is 5. The molecule has 1 N–H and O–H groups in total. The number of rotatable bonds is 4. The number of amides is 2. The summed E-state index contributed by atoms with van der Waals surface area (Å²) in [5.74, 6) is 1.36. The zero-order chi connectivity index (χ0) is 15.6. The van der Waals surface area contributed by atoms with E-state index < -0.39 is 0 Å². The van der Waals surface area contributed by atoms with Gasteiger partial charge in [0.15, 0.2) is 5.13 Å². The van der Waals surface area contributed by atoms with Crippen molar-refractivity contribution in [1.29, 1.82) is 0 Å². The Labute approximate surface area is 138 Å². The summed E-state index contributed by atoms with van der Waals surface area (Å²) < 4.78 is 5.85. The second kappa shape index (κ2) is 6.16. The molecule has 1 aliphatic heterocycles. The lowest BCUT2D eigenvalue weighted by molar-refractivity contribution is 0.194. The van der Waals surface area contributed by atoms with E-state index in [-0.39, 0.29) is 12.1 Å². The highest BCUT2D eigenvalue weighted by molar-refractivity contribution is 7.13. The molecule has 1 aliphatic carbocycles. The van der Waals surface area contributed by atoms with Crippen LogP contribution in [0.2, 0.25) is 0 Å². The van der Waals surface area contributed by atoms with Gasteiger partial charge < -0.3 is 9.64 Å². The summed E-state index contributed by atoms with van der Waals surface area (Å²) in [5, 5.41) is 5.63. The van der Waals surface area contributed by atoms with Crippen molar-refractivity contribution in [3.05, 3.63) is 35.6 Å². The van der Waals surface area contributed by atoms with Crippen molar-refractivity contribution in [3.63, 3.8) is 0 Å². The highest BCUT2D eigenvalue weighted by Crippen LogP contribution is 2.40. The van der Waals surface area contributed by atoms with E-state index in [9.17, 15) is 4.79 Å². The quantitative estimate of drug-likeness (QED) is 0.935. The largest absolute Gasteiger partial charge is 0.487 e. The molecule has 2 aromatic rings. The fraction of sp³-hybridized carbons (Fsp3) is 0.438. The Hall–Kier alpha value is -2.15. The van der Waals surface area contributed by atoms with Gasteiger partial charge in [0.25, 0.3) is 0 Å². The maximum atomic E-state index is 12.3. The van der Waals surface area contributed by atoms with Crippen molar-refractivity contribution in [1.82, 2.24) is 14.9 Å². The summed E-state index contributed by atoms with van der Waals surface area (Å²) in [5.41, 5.74) is 1.12. The Morgan fingerprint density at radius 1 is 1.39 bits per heavy atom. The van der Waals surface area contributed by atoms with Crippen LogP contribution in [0.5, 0.6) is 5.75 Å². The van der Waals surface area contributed by atoms with Gasteiger partial charge >= 0.3 is 6.03 Å². The molecule has 1 saturated carbocycles. The molecule has 2 aromatic heterocycles. The topological polar surface area (TPSA) is 67.4 Å². The molecular weight excluding hydrogens is 312 g/mol. The third kappa shape index (κ3) is 3.44. The van der Waals surface area contributed by atoms with Gasteiger partial charge in [-0.1, -0.05) is 0 Å². The second-order valence-electron chi connectivity index (χ2n) is 5.95. The van der Waals surface area contributed by atoms with E-state index >= 15 is 0 Å². The van der Waals surface area contributed by atoms with Gasteiger partial charge in [-0.05, 0) is 25.0 Å². The van der Waals surface area contributed by atoms with Gasteiger partial charge in [0.05, 0.1) is 18.4 Å². The van der Waals surface area contributed by atoms with Gasteiger partial charge in [0.2, 0.25) is 0 Å². The molecule has 23 heavy (non-hydrogen) atoms. The number of carbonyl (C=O) groups excluding carboxylic acids is 1. The average Bonchev–Trinajstić information content (AvgIpc) is 3.13. The average molecular weight is 330 g/mol. The highest BCUT2D eigenvalue weighted by atomic mass is 32.1. The van der Waals surface area contributed by atoms with E-state index in [1.54, 1.807) is 17.3 Å². The first-order valence-corrected chi connectivity index (χ1v) is 8.74. The molecule has 120 valence electrons. The van der Waals surface area contributed by atoms with Crippen LogP contribution in [0.4, 0.5) is 9.93 Å². The fourth-order valence-electron chi connectivity index (χ4n) is 2.70. The first-order chi connectivity index (χ1) is 11.3. The maximum Gasteiger partial charge on any atom is 0.323 e. The summed E-state index contributed by atoms with van der Waals surface area (Å²) in [6, 6.07) is 3.62. The minimum Gasteiger partial charge on any atom is -0.487 e. The molecule has 2 amide bonds. The number of carbonyl (C=O) groups is 1.